The van der Waals surface area contributed by atoms with Crippen molar-refractivity contribution in [2.45, 2.75) is 45.1 Å². The summed E-state index contributed by atoms with van der Waals surface area (Å²) in [4.78, 5) is 2.50. The number of rotatable bonds is 7. The van der Waals surface area contributed by atoms with Gasteiger partial charge in [0.15, 0.2) is 0 Å². The van der Waals surface area contributed by atoms with Crippen LogP contribution >= 0.6 is 0 Å². The average molecular weight is 276 g/mol. The molecule has 1 atom stereocenters. The predicted octanol–water partition coefficient (Wildman–Crippen LogP) is 2.83. The zero-order valence-electron chi connectivity index (χ0n) is 12.7. The van der Waals surface area contributed by atoms with Gasteiger partial charge in [0.1, 0.15) is 12.4 Å². The molecule has 1 aliphatic rings. The Labute approximate surface area is 123 Å². The van der Waals surface area contributed by atoms with Crippen LogP contribution in [-0.4, -0.2) is 37.2 Å². The average Bonchev–Trinajstić information content (AvgIpc) is 2.50. The van der Waals surface area contributed by atoms with E-state index in [1.165, 1.54) is 37.9 Å². The van der Waals surface area contributed by atoms with Gasteiger partial charge >= 0.3 is 0 Å². The number of benzene rings is 1. The molecular weight excluding hydrogens is 248 g/mol. The highest BCUT2D eigenvalue weighted by Gasteiger charge is 2.11. The van der Waals surface area contributed by atoms with E-state index in [1.54, 1.807) is 0 Å². The fourth-order valence-electron chi connectivity index (χ4n) is 2.71. The fourth-order valence-corrected chi connectivity index (χ4v) is 2.71. The van der Waals surface area contributed by atoms with E-state index in [-0.39, 0.29) is 6.04 Å². The number of hydrogen-bond acceptors (Lipinski definition) is 3. The molecule has 0 saturated carbocycles. The third-order valence-corrected chi connectivity index (χ3v) is 4.09. The number of ether oxygens (including phenoxy) is 1. The highest BCUT2D eigenvalue weighted by molar-refractivity contribution is 5.33. The van der Waals surface area contributed by atoms with Crippen LogP contribution in [0.25, 0.3) is 0 Å². The van der Waals surface area contributed by atoms with Gasteiger partial charge in [-0.15, -0.1) is 0 Å². The summed E-state index contributed by atoms with van der Waals surface area (Å²) in [6.45, 7) is 6.40. The van der Waals surface area contributed by atoms with Crippen LogP contribution < -0.4 is 10.5 Å². The van der Waals surface area contributed by atoms with Crippen LogP contribution in [0.15, 0.2) is 24.3 Å². The SMILES string of the molecule is CCC(N)Cc1ccccc1OCCN1CCCCC1. The zero-order valence-corrected chi connectivity index (χ0v) is 12.7. The summed E-state index contributed by atoms with van der Waals surface area (Å²) in [7, 11) is 0. The molecule has 0 aliphatic carbocycles. The van der Waals surface area contributed by atoms with Gasteiger partial charge < -0.3 is 10.5 Å². The summed E-state index contributed by atoms with van der Waals surface area (Å²) >= 11 is 0. The molecule has 3 heteroatoms. The number of nitrogens with zero attached hydrogens (tertiary/aromatic N) is 1. The first-order chi connectivity index (χ1) is 9.79. The molecule has 112 valence electrons. The maximum absolute atomic E-state index is 6.06. The van der Waals surface area contributed by atoms with Gasteiger partial charge in [-0.25, -0.2) is 0 Å². The first kappa shape index (κ1) is 15.3. The molecule has 20 heavy (non-hydrogen) atoms. The van der Waals surface area contributed by atoms with E-state index < -0.39 is 0 Å². The number of likely N-dealkylation sites (tertiary alicyclic amines) is 1. The Bertz CT molecular complexity index is 388. The van der Waals surface area contributed by atoms with Gasteiger partial charge in [0.2, 0.25) is 0 Å². The van der Waals surface area contributed by atoms with E-state index in [0.717, 1.165) is 31.7 Å². The molecule has 2 N–H and O–H groups in total. The molecule has 0 amide bonds. The van der Waals surface area contributed by atoms with E-state index in [0.29, 0.717) is 0 Å². The largest absolute Gasteiger partial charge is 0.492 e. The van der Waals surface area contributed by atoms with Crippen LogP contribution in [0.4, 0.5) is 0 Å². The summed E-state index contributed by atoms with van der Waals surface area (Å²) in [5.74, 6) is 1.01. The van der Waals surface area contributed by atoms with Crippen molar-refractivity contribution < 1.29 is 4.74 Å². The summed E-state index contributed by atoms with van der Waals surface area (Å²) in [6, 6.07) is 8.52. The Hall–Kier alpha value is -1.06. The Kier molecular flexibility index (Phi) is 6.34. The predicted molar refractivity (Wildman–Crippen MR) is 84.2 cm³/mol. The van der Waals surface area contributed by atoms with E-state index in [9.17, 15) is 0 Å². The second kappa shape index (κ2) is 8.28. The van der Waals surface area contributed by atoms with Crippen LogP contribution in [-0.2, 0) is 6.42 Å². The summed E-state index contributed by atoms with van der Waals surface area (Å²) < 4.78 is 5.99. The highest BCUT2D eigenvalue weighted by Crippen LogP contribution is 2.20. The Morgan fingerprint density at radius 3 is 2.70 bits per heavy atom. The maximum Gasteiger partial charge on any atom is 0.122 e. The van der Waals surface area contributed by atoms with E-state index in [2.05, 4.69) is 30.0 Å². The van der Waals surface area contributed by atoms with Crippen molar-refractivity contribution in [3.63, 3.8) is 0 Å². The number of hydrogen-bond donors (Lipinski definition) is 1. The first-order valence-corrected chi connectivity index (χ1v) is 7.98. The fraction of sp³-hybridized carbons (Fsp3) is 0.647. The van der Waals surface area contributed by atoms with Crippen LogP contribution in [0.3, 0.4) is 0 Å². The zero-order chi connectivity index (χ0) is 14.2. The Morgan fingerprint density at radius 2 is 1.95 bits per heavy atom. The molecule has 0 radical (unpaired) electrons. The lowest BCUT2D eigenvalue weighted by Crippen LogP contribution is -2.33. The van der Waals surface area contributed by atoms with Gasteiger partial charge in [0.25, 0.3) is 0 Å². The molecule has 1 aromatic rings. The summed E-state index contributed by atoms with van der Waals surface area (Å²) in [5, 5.41) is 0. The quantitative estimate of drug-likeness (QED) is 0.832. The standard InChI is InChI=1S/C17H28N2O/c1-2-16(18)14-15-8-4-5-9-17(15)20-13-12-19-10-6-3-7-11-19/h4-5,8-9,16H,2-3,6-7,10-14,18H2,1H3. The minimum atomic E-state index is 0.224. The Morgan fingerprint density at radius 1 is 1.20 bits per heavy atom. The Balaban J connectivity index is 1.82. The second-order valence-corrected chi connectivity index (χ2v) is 5.73. The van der Waals surface area contributed by atoms with Gasteiger partial charge in [-0.05, 0) is 50.4 Å². The van der Waals surface area contributed by atoms with Gasteiger partial charge in [0, 0.05) is 12.6 Å². The van der Waals surface area contributed by atoms with E-state index in [1.807, 2.05) is 6.07 Å². The molecule has 1 aromatic carbocycles. The van der Waals surface area contributed by atoms with Crippen molar-refractivity contribution in [3.05, 3.63) is 29.8 Å². The normalized spacial score (nSPS) is 17.9. The molecule has 3 nitrogen and oxygen atoms in total. The lowest BCUT2D eigenvalue weighted by Gasteiger charge is -2.26. The molecule has 1 fully saturated rings. The van der Waals surface area contributed by atoms with E-state index >= 15 is 0 Å². The highest BCUT2D eigenvalue weighted by atomic mass is 16.5. The monoisotopic (exact) mass is 276 g/mol. The summed E-state index contributed by atoms with van der Waals surface area (Å²) in [6.07, 6.45) is 5.96. The van der Waals surface area contributed by atoms with Crippen molar-refractivity contribution in [1.29, 1.82) is 0 Å². The number of para-hydroxylation sites is 1. The van der Waals surface area contributed by atoms with Gasteiger partial charge in [-0.2, -0.15) is 0 Å². The smallest absolute Gasteiger partial charge is 0.122 e. The van der Waals surface area contributed by atoms with Crippen molar-refractivity contribution in [2.24, 2.45) is 5.73 Å². The van der Waals surface area contributed by atoms with Crippen LogP contribution in [0, 0.1) is 0 Å². The lowest BCUT2D eigenvalue weighted by molar-refractivity contribution is 0.182. The van der Waals surface area contributed by atoms with Crippen molar-refractivity contribution in [3.8, 4) is 5.75 Å². The molecule has 0 aromatic heterocycles. The number of nitrogens with two attached hydrogens (primary N) is 1. The number of piperidine rings is 1. The van der Waals surface area contributed by atoms with Crippen molar-refractivity contribution in [1.82, 2.24) is 4.90 Å². The van der Waals surface area contributed by atoms with Gasteiger partial charge in [-0.1, -0.05) is 31.5 Å². The molecule has 0 spiro atoms. The minimum Gasteiger partial charge on any atom is -0.492 e. The third-order valence-electron chi connectivity index (χ3n) is 4.09. The molecule has 1 unspecified atom stereocenters. The van der Waals surface area contributed by atoms with Crippen molar-refractivity contribution in [2.75, 3.05) is 26.2 Å². The summed E-state index contributed by atoms with van der Waals surface area (Å²) in [5.41, 5.74) is 7.29. The second-order valence-electron chi connectivity index (χ2n) is 5.73. The first-order valence-electron chi connectivity index (χ1n) is 7.98. The van der Waals surface area contributed by atoms with Crippen molar-refractivity contribution >= 4 is 0 Å². The van der Waals surface area contributed by atoms with Gasteiger partial charge in [-0.3, -0.25) is 4.90 Å². The molecule has 1 heterocycles. The molecule has 1 saturated heterocycles. The van der Waals surface area contributed by atoms with Crippen LogP contribution in [0.5, 0.6) is 5.75 Å². The van der Waals surface area contributed by atoms with Gasteiger partial charge in [0.05, 0.1) is 0 Å². The van der Waals surface area contributed by atoms with Crippen LogP contribution in [0.1, 0.15) is 38.2 Å². The van der Waals surface area contributed by atoms with E-state index in [4.69, 9.17) is 10.5 Å². The topological polar surface area (TPSA) is 38.5 Å². The maximum atomic E-state index is 6.06. The third kappa shape index (κ3) is 4.80. The lowest BCUT2D eigenvalue weighted by atomic mass is 10.0. The molecule has 0 bridgehead atoms. The van der Waals surface area contributed by atoms with Crippen LogP contribution in [0.2, 0.25) is 0 Å². The minimum absolute atomic E-state index is 0.224. The molecule has 2 rings (SSSR count). The molecular formula is C17H28N2O. The molecule has 1 aliphatic heterocycles.